The Morgan fingerprint density at radius 1 is 1.37 bits per heavy atom. The Hall–Kier alpha value is -1.42. The van der Waals surface area contributed by atoms with Crippen molar-refractivity contribution in [2.75, 3.05) is 14.2 Å². The molecule has 0 amide bonds. The monoisotopic (exact) mass is 265 g/mol. The van der Waals surface area contributed by atoms with Crippen LogP contribution in [-0.4, -0.2) is 30.9 Å². The van der Waals surface area contributed by atoms with Crippen LogP contribution in [0.3, 0.4) is 0 Å². The molecule has 1 aliphatic carbocycles. The maximum atomic E-state index is 14.1. The highest BCUT2D eigenvalue weighted by atomic mass is 19.1. The number of carbonyl (C=O) groups excluding carboxylic acids is 1. The molecule has 1 aromatic rings. The van der Waals surface area contributed by atoms with Crippen LogP contribution >= 0.6 is 0 Å². The molecular weight excluding hydrogens is 245 g/mol. The summed E-state index contributed by atoms with van der Waals surface area (Å²) in [5, 5.41) is 0. The Morgan fingerprint density at radius 2 is 2.05 bits per heavy atom. The Labute approximate surface area is 113 Å². The van der Waals surface area contributed by atoms with Crippen molar-refractivity contribution < 1.29 is 13.9 Å². The van der Waals surface area contributed by atoms with E-state index in [1.54, 1.807) is 18.2 Å². The lowest BCUT2D eigenvalue weighted by Crippen LogP contribution is -2.35. The second-order valence-corrected chi connectivity index (χ2v) is 5.12. The SMILES string of the molecule is COc1cccc(CN(C)C2CCC(=O)CC2)c1F. The highest BCUT2D eigenvalue weighted by Crippen LogP contribution is 2.24. The van der Waals surface area contributed by atoms with E-state index in [0.717, 1.165) is 12.8 Å². The van der Waals surface area contributed by atoms with Crippen LogP contribution < -0.4 is 4.74 Å². The summed E-state index contributed by atoms with van der Waals surface area (Å²) in [6.45, 7) is 0.544. The summed E-state index contributed by atoms with van der Waals surface area (Å²) in [6, 6.07) is 5.57. The van der Waals surface area contributed by atoms with E-state index >= 15 is 0 Å². The van der Waals surface area contributed by atoms with Gasteiger partial charge < -0.3 is 4.74 Å². The van der Waals surface area contributed by atoms with Gasteiger partial charge in [-0.05, 0) is 26.0 Å². The van der Waals surface area contributed by atoms with Crippen LogP contribution in [0.4, 0.5) is 4.39 Å². The predicted molar refractivity (Wildman–Crippen MR) is 71.7 cm³/mol. The fourth-order valence-electron chi connectivity index (χ4n) is 2.60. The number of Topliss-reactive ketones (excluding diaryl/α,β-unsaturated/α-hetero) is 1. The lowest BCUT2D eigenvalue weighted by Gasteiger charge is -2.30. The number of hydrogen-bond donors (Lipinski definition) is 0. The van der Waals surface area contributed by atoms with Crippen molar-refractivity contribution in [1.82, 2.24) is 4.90 Å². The average Bonchev–Trinajstić information content (AvgIpc) is 2.42. The lowest BCUT2D eigenvalue weighted by atomic mass is 9.93. The summed E-state index contributed by atoms with van der Waals surface area (Å²) in [4.78, 5) is 13.4. The fraction of sp³-hybridized carbons (Fsp3) is 0.533. The molecule has 1 aliphatic rings. The number of hydrogen-bond acceptors (Lipinski definition) is 3. The zero-order valence-electron chi connectivity index (χ0n) is 11.5. The fourth-order valence-corrected chi connectivity index (χ4v) is 2.60. The third kappa shape index (κ3) is 3.32. The van der Waals surface area contributed by atoms with Gasteiger partial charge in [0.05, 0.1) is 7.11 Å². The first-order valence-corrected chi connectivity index (χ1v) is 6.65. The molecular formula is C15H20FNO2. The van der Waals surface area contributed by atoms with Crippen LogP contribution in [0.1, 0.15) is 31.2 Å². The molecule has 1 saturated carbocycles. The molecule has 1 aromatic carbocycles. The van der Waals surface area contributed by atoms with E-state index in [0.29, 0.717) is 36.8 Å². The van der Waals surface area contributed by atoms with Crippen LogP contribution in [0.5, 0.6) is 5.75 Å². The molecule has 3 nitrogen and oxygen atoms in total. The zero-order chi connectivity index (χ0) is 13.8. The molecule has 0 saturated heterocycles. The molecule has 0 bridgehead atoms. The Balaban J connectivity index is 2.02. The molecule has 0 aliphatic heterocycles. The van der Waals surface area contributed by atoms with Gasteiger partial charge in [0, 0.05) is 31.0 Å². The van der Waals surface area contributed by atoms with Crippen LogP contribution in [0, 0.1) is 5.82 Å². The first-order valence-electron chi connectivity index (χ1n) is 6.65. The first kappa shape index (κ1) is 14.0. The zero-order valence-corrected chi connectivity index (χ0v) is 11.5. The first-order chi connectivity index (χ1) is 9.11. The molecule has 1 fully saturated rings. The number of benzene rings is 1. The van der Waals surface area contributed by atoms with Gasteiger partial charge in [-0.15, -0.1) is 0 Å². The van der Waals surface area contributed by atoms with E-state index in [2.05, 4.69) is 4.90 Å². The number of nitrogens with zero attached hydrogens (tertiary/aromatic N) is 1. The van der Waals surface area contributed by atoms with Gasteiger partial charge in [0.15, 0.2) is 11.6 Å². The maximum absolute atomic E-state index is 14.1. The third-order valence-electron chi connectivity index (χ3n) is 3.82. The Morgan fingerprint density at radius 3 is 2.68 bits per heavy atom. The molecule has 0 radical (unpaired) electrons. The molecule has 0 atom stereocenters. The molecule has 4 heteroatoms. The van der Waals surface area contributed by atoms with Gasteiger partial charge in [-0.2, -0.15) is 0 Å². The van der Waals surface area contributed by atoms with Crippen molar-refractivity contribution in [2.45, 2.75) is 38.3 Å². The summed E-state index contributed by atoms with van der Waals surface area (Å²) in [5.74, 6) is 0.339. The summed E-state index contributed by atoms with van der Waals surface area (Å²) < 4.78 is 19.0. The van der Waals surface area contributed by atoms with Crippen molar-refractivity contribution >= 4 is 5.78 Å². The topological polar surface area (TPSA) is 29.5 Å². The number of ether oxygens (including phenoxy) is 1. The number of halogens is 1. The minimum Gasteiger partial charge on any atom is -0.494 e. The molecule has 0 unspecified atom stereocenters. The highest BCUT2D eigenvalue weighted by molar-refractivity contribution is 5.79. The largest absolute Gasteiger partial charge is 0.494 e. The third-order valence-corrected chi connectivity index (χ3v) is 3.82. The van der Waals surface area contributed by atoms with Crippen molar-refractivity contribution in [2.24, 2.45) is 0 Å². The normalized spacial score (nSPS) is 16.9. The van der Waals surface area contributed by atoms with Gasteiger partial charge in [-0.1, -0.05) is 12.1 Å². The smallest absolute Gasteiger partial charge is 0.169 e. The van der Waals surface area contributed by atoms with Crippen molar-refractivity contribution in [3.8, 4) is 5.75 Å². The van der Waals surface area contributed by atoms with Crippen molar-refractivity contribution in [1.29, 1.82) is 0 Å². The molecule has 0 spiro atoms. The van der Waals surface area contributed by atoms with E-state index in [-0.39, 0.29) is 11.6 Å². The van der Waals surface area contributed by atoms with E-state index in [1.165, 1.54) is 7.11 Å². The minimum absolute atomic E-state index is 0.282. The molecule has 2 rings (SSSR count). The lowest BCUT2D eigenvalue weighted by molar-refractivity contribution is -0.121. The predicted octanol–water partition coefficient (Wildman–Crippen LogP) is 2.78. The van der Waals surface area contributed by atoms with Gasteiger partial charge in [-0.25, -0.2) is 4.39 Å². The Bertz CT molecular complexity index is 451. The van der Waals surface area contributed by atoms with E-state index in [9.17, 15) is 9.18 Å². The standard InChI is InChI=1S/C15H20FNO2/c1-17(12-6-8-13(18)9-7-12)10-11-4-3-5-14(19-2)15(11)16/h3-5,12H,6-10H2,1-2H3. The number of rotatable bonds is 4. The van der Waals surface area contributed by atoms with E-state index in [1.807, 2.05) is 7.05 Å². The van der Waals surface area contributed by atoms with Crippen molar-refractivity contribution in [3.05, 3.63) is 29.6 Å². The van der Waals surface area contributed by atoms with Crippen LogP contribution in [0.15, 0.2) is 18.2 Å². The summed E-state index contributed by atoms with van der Waals surface area (Å²) in [6.07, 6.45) is 3.05. The number of ketones is 1. The summed E-state index contributed by atoms with van der Waals surface area (Å²) >= 11 is 0. The molecule has 104 valence electrons. The highest BCUT2D eigenvalue weighted by Gasteiger charge is 2.23. The van der Waals surface area contributed by atoms with Gasteiger partial charge in [0.2, 0.25) is 0 Å². The van der Waals surface area contributed by atoms with Gasteiger partial charge in [0.1, 0.15) is 5.78 Å². The molecule has 19 heavy (non-hydrogen) atoms. The second-order valence-electron chi connectivity index (χ2n) is 5.12. The summed E-state index contributed by atoms with van der Waals surface area (Å²) in [7, 11) is 3.46. The summed E-state index contributed by atoms with van der Waals surface area (Å²) in [5.41, 5.74) is 0.638. The maximum Gasteiger partial charge on any atom is 0.169 e. The van der Waals surface area contributed by atoms with Crippen LogP contribution in [-0.2, 0) is 11.3 Å². The van der Waals surface area contributed by atoms with E-state index < -0.39 is 0 Å². The quantitative estimate of drug-likeness (QED) is 0.838. The van der Waals surface area contributed by atoms with Crippen molar-refractivity contribution in [3.63, 3.8) is 0 Å². The molecule has 0 aromatic heterocycles. The van der Waals surface area contributed by atoms with Gasteiger partial charge in [-0.3, -0.25) is 9.69 Å². The van der Waals surface area contributed by atoms with Gasteiger partial charge >= 0.3 is 0 Å². The molecule has 0 heterocycles. The second kappa shape index (κ2) is 6.15. The number of carbonyl (C=O) groups is 1. The van der Waals surface area contributed by atoms with Crippen LogP contribution in [0.2, 0.25) is 0 Å². The van der Waals surface area contributed by atoms with E-state index in [4.69, 9.17) is 4.74 Å². The average molecular weight is 265 g/mol. The Kier molecular flexibility index (Phi) is 4.53. The number of methoxy groups -OCH3 is 1. The van der Waals surface area contributed by atoms with Gasteiger partial charge in [0.25, 0.3) is 0 Å². The van der Waals surface area contributed by atoms with Crippen LogP contribution in [0.25, 0.3) is 0 Å². The minimum atomic E-state index is -0.288. The molecule has 0 N–H and O–H groups in total.